The predicted molar refractivity (Wildman–Crippen MR) is 66.2 cm³/mol. The van der Waals surface area contributed by atoms with Gasteiger partial charge in [-0.05, 0) is 38.6 Å². The number of rotatable bonds is 4. The molecule has 0 radical (unpaired) electrons. The minimum Gasteiger partial charge on any atom is -0.302 e. The first-order chi connectivity index (χ1) is 7.48. The summed E-state index contributed by atoms with van der Waals surface area (Å²) in [5.41, 5.74) is 0. The Kier molecular flexibility index (Phi) is 3.59. The molecule has 0 N–H and O–H groups in total. The van der Waals surface area contributed by atoms with Crippen LogP contribution < -0.4 is 0 Å². The molecule has 2 aliphatic rings. The van der Waals surface area contributed by atoms with Gasteiger partial charge in [0.1, 0.15) is 0 Å². The Labute approximate surface area is 99.1 Å². The molecule has 2 rings (SSSR count). The maximum Gasteiger partial charge on any atom is 0.151 e. The van der Waals surface area contributed by atoms with Crippen molar-refractivity contribution in [3.05, 3.63) is 0 Å². The molecule has 0 aromatic carbocycles. The van der Waals surface area contributed by atoms with Crippen LogP contribution in [-0.4, -0.2) is 44.5 Å². The molecule has 16 heavy (non-hydrogen) atoms. The maximum atomic E-state index is 11.7. The lowest BCUT2D eigenvalue weighted by atomic mass is 9.85. The Morgan fingerprint density at radius 2 is 1.75 bits per heavy atom. The quantitative estimate of drug-likeness (QED) is 0.756. The van der Waals surface area contributed by atoms with Crippen molar-refractivity contribution in [2.45, 2.75) is 49.8 Å². The van der Waals surface area contributed by atoms with Crippen molar-refractivity contribution in [1.82, 2.24) is 4.90 Å². The monoisotopic (exact) mass is 245 g/mol. The zero-order valence-corrected chi connectivity index (χ0v) is 11.2. The summed E-state index contributed by atoms with van der Waals surface area (Å²) in [5.74, 6) is 0.825. The van der Waals surface area contributed by atoms with Crippen LogP contribution >= 0.6 is 0 Å². The predicted octanol–water partition coefficient (Wildman–Crippen LogP) is 1.68. The van der Waals surface area contributed by atoms with Crippen LogP contribution in [0.3, 0.4) is 0 Å². The molecule has 0 aromatic rings. The summed E-state index contributed by atoms with van der Waals surface area (Å²) in [4.78, 5) is 2.31. The van der Waals surface area contributed by atoms with Gasteiger partial charge in [0.15, 0.2) is 9.84 Å². The largest absolute Gasteiger partial charge is 0.302 e. The molecule has 0 aromatic heterocycles. The van der Waals surface area contributed by atoms with Crippen LogP contribution in [0.25, 0.3) is 0 Å². The molecule has 2 aliphatic carbocycles. The lowest BCUT2D eigenvalue weighted by molar-refractivity contribution is 0.164. The van der Waals surface area contributed by atoms with Crippen LogP contribution in [-0.2, 0) is 9.84 Å². The van der Waals surface area contributed by atoms with E-state index >= 15 is 0 Å². The molecule has 2 atom stereocenters. The molecular weight excluding hydrogens is 222 g/mol. The highest BCUT2D eigenvalue weighted by atomic mass is 32.2. The van der Waals surface area contributed by atoms with Crippen molar-refractivity contribution in [3.63, 3.8) is 0 Å². The number of sulfone groups is 1. The molecule has 2 fully saturated rings. The van der Waals surface area contributed by atoms with Crippen LogP contribution in [0.1, 0.15) is 38.5 Å². The molecule has 0 saturated heterocycles. The topological polar surface area (TPSA) is 37.4 Å². The standard InChI is InChI=1S/C12H23NO2S/c1-13(9-10-5-3-6-10)11-7-4-8-12(11)16(2,14)15/h10-12H,3-9H2,1-2H3. The Balaban J connectivity index is 1.96. The van der Waals surface area contributed by atoms with Crippen LogP contribution in [0, 0.1) is 5.92 Å². The van der Waals surface area contributed by atoms with Gasteiger partial charge in [0.05, 0.1) is 5.25 Å². The van der Waals surface area contributed by atoms with E-state index in [0.29, 0.717) is 0 Å². The van der Waals surface area contributed by atoms with E-state index in [4.69, 9.17) is 0 Å². The summed E-state index contributed by atoms with van der Waals surface area (Å²) >= 11 is 0. The van der Waals surface area contributed by atoms with E-state index in [1.54, 1.807) is 0 Å². The van der Waals surface area contributed by atoms with E-state index in [2.05, 4.69) is 11.9 Å². The molecule has 0 amide bonds. The first-order valence-electron chi connectivity index (χ1n) is 6.37. The van der Waals surface area contributed by atoms with Gasteiger partial charge in [-0.1, -0.05) is 12.8 Å². The highest BCUT2D eigenvalue weighted by molar-refractivity contribution is 7.91. The third-order valence-corrected chi connectivity index (χ3v) is 5.95. The van der Waals surface area contributed by atoms with Crippen molar-refractivity contribution in [2.75, 3.05) is 19.8 Å². The molecule has 4 heteroatoms. The van der Waals surface area contributed by atoms with Crippen molar-refractivity contribution in [3.8, 4) is 0 Å². The average Bonchev–Trinajstić information content (AvgIpc) is 2.58. The smallest absolute Gasteiger partial charge is 0.151 e. The van der Waals surface area contributed by atoms with Crippen molar-refractivity contribution in [1.29, 1.82) is 0 Å². The summed E-state index contributed by atoms with van der Waals surface area (Å²) in [5, 5.41) is -0.113. The summed E-state index contributed by atoms with van der Waals surface area (Å²) < 4.78 is 23.4. The Morgan fingerprint density at radius 3 is 2.25 bits per heavy atom. The summed E-state index contributed by atoms with van der Waals surface area (Å²) in [6.07, 6.45) is 8.41. The maximum absolute atomic E-state index is 11.7. The molecule has 0 heterocycles. The van der Waals surface area contributed by atoms with Gasteiger partial charge < -0.3 is 4.90 Å². The number of hydrogen-bond donors (Lipinski definition) is 0. The Morgan fingerprint density at radius 1 is 1.12 bits per heavy atom. The Bertz CT molecular complexity index is 335. The molecule has 0 bridgehead atoms. The van der Waals surface area contributed by atoms with Crippen LogP contribution in [0.2, 0.25) is 0 Å². The highest BCUT2D eigenvalue weighted by Gasteiger charge is 2.37. The number of nitrogens with zero attached hydrogens (tertiary/aromatic N) is 1. The highest BCUT2D eigenvalue weighted by Crippen LogP contribution is 2.32. The SMILES string of the molecule is CN(CC1CCC1)C1CCCC1S(C)(=O)=O. The third kappa shape index (κ3) is 2.59. The fourth-order valence-electron chi connectivity index (χ4n) is 3.13. The molecule has 2 saturated carbocycles. The second-order valence-corrected chi connectivity index (χ2v) is 7.87. The van der Waals surface area contributed by atoms with Crippen LogP contribution in [0.5, 0.6) is 0 Å². The molecule has 0 spiro atoms. The normalized spacial score (nSPS) is 31.9. The van der Waals surface area contributed by atoms with E-state index in [-0.39, 0.29) is 11.3 Å². The van der Waals surface area contributed by atoms with E-state index in [9.17, 15) is 8.42 Å². The van der Waals surface area contributed by atoms with Gasteiger partial charge in [0, 0.05) is 18.8 Å². The third-order valence-electron chi connectivity index (χ3n) is 4.30. The van der Waals surface area contributed by atoms with Gasteiger partial charge in [-0.2, -0.15) is 0 Å². The van der Waals surface area contributed by atoms with E-state index in [1.165, 1.54) is 25.5 Å². The first kappa shape index (κ1) is 12.4. The van der Waals surface area contributed by atoms with Crippen molar-refractivity contribution >= 4 is 9.84 Å². The van der Waals surface area contributed by atoms with Crippen molar-refractivity contribution < 1.29 is 8.42 Å². The fraction of sp³-hybridized carbons (Fsp3) is 1.00. The zero-order chi connectivity index (χ0) is 11.8. The molecule has 94 valence electrons. The van der Waals surface area contributed by atoms with Gasteiger partial charge in [-0.3, -0.25) is 0 Å². The summed E-state index contributed by atoms with van der Waals surface area (Å²) in [6, 6.07) is 0.274. The van der Waals surface area contributed by atoms with Crippen LogP contribution in [0.4, 0.5) is 0 Å². The van der Waals surface area contributed by atoms with Crippen molar-refractivity contribution in [2.24, 2.45) is 5.92 Å². The fourth-order valence-corrected chi connectivity index (χ4v) is 4.64. The molecular formula is C12H23NO2S. The van der Waals surface area contributed by atoms with E-state index < -0.39 is 9.84 Å². The zero-order valence-electron chi connectivity index (χ0n) is 10.4. The summed E-state index contributed by atoms with van der Waals surface area (Å²) in [7, 11) is -0.759. The molecule has 2 unspecified atom stereocenters. The molecule has 0 aliphatic heterocycles. The van der Waals surface area contributed by atoms with E-state index in [1.807, 2.05) is 0 Å². The first-order valence-corrected chi connectivity index (χ1v) is 8.33. The van der Waals surface area contributed by atoms with Gasteiger partial charge in [0.2, 0.25) is 0 Å². The summed E-state index contributed by atoms with van der Waals surface area (Å²) in [6.45, 7) is 1.09. The van der Waals surface area contributed by atoms with E-state index in [0.717, 1.165) is 31.7 Å². The second-order valence-electron chi connectivity index (χ2n) is 5.60. The average molecular weight is 245 g/mol. The van der Waals surface area contributed by atoms with Crippen LogP contribution in [0.15, 0.2) is 0 Å². The van der Waals surface area contributed by atoms with Gasteiger partial charge in [-0.15, -0.1) is 0 Å². The second kappa shape index (κ2) is 4.65. The minimum atomic E-state index is -2.86. The lowest BCUT2D eigenvalue weighted by Gasteiger charge is -2.35. The Hall–Kier alpha value is -0.0900. The van der Waals surface area contributed by atoms with Gasteiger partial charge >= 0.3 is 0 Å². The molecule has 3 nitrogen and oxygen atoms in total. The minimum absolute atomic E-state index is 0.113. The van der Waals surface area contributed by atoms with Gasteiger partial charge in [-0.25, -0.2) is 8.42 Å². The lowest BCUT2D eigenvalue weighted by Crippen LogP contribution is -2.44. The van der Waals surface area contributed by atoms with Gasteiger partial charge in [0.25, 0.3) is 0 Å². The number of hydrogen-bond acceptors (Lipinski definition) is 3.